The molecule has 1 amide bonds. The first-order chi connectivity index (χ1) is 13.1. The zero-order chi connectivity index (χ0) is 18.7. The van der Waals surface area contributed by atoms with Crippen LogP contribution in [0.4, 0.5) is 0 Å². The first kappa shape index (κ1) is 17.7. The number of likely N-dealkylation sites (tertiary alicyclic amines) is 1. The van der Waals surface area contributed by atoms with Crippen LogP contribution in [0.25, 0.3) is 0 Å². The fourth-order valence-corrected chi connectivity index (χ4v) is 3.50. The second kappa shape index (κ2) is 7.52. The molecule has 0 aliphatic carbocycles. The molecule has 1 spiro atoms. The molecule has 142 valence electrons. The van der Waals surface area contributed by atoms with E-state index in [0.717, 1.165) is 18.4 Å². The molecule has 1 atom stereocenters. The molecule has 2 aromatic rings. The van der Waals surface area contributed by atoms with Crippen molar-refractivity contribution in [1.82, 2.24) is 14.9 Å². The van der Waals surface area contributed by atoms with E-state index in [0.29, 0.717) is 31.5 Å². The number of ether oxygens (including phenoxy) is 3. The number of rotatable bonds is 5. The highest BCUT2D eigenvalue weighted by atomic mass is 16.5. The Bertz CT molecular complexity index is 776. The zero-order valence-corrected chi connectivity index (χ0v) is 15.3. The Balaban J connectivity index is 1.26. The van der Waals surface area contributed by atoms with Gasteiger partial charge >= 0.3 is 6.01 Å². The van der Waals surface area contributed by atoms with Crippen molar-refractivity contribution in [2.75, 3.05) is 26.3 Å². The molecule has 1 aromatic heterocycles. The molecule has 2 saturated heterocycles. The van der Waals surface area contributed by atoms with Crippen molar-refractivity contribution in [2.45, 2.75) is 31.5 Å². The van der Waals surface area contributed by atoms with Gasteiger partial charge in [-0.3, -0.25) is 4.79 Å². The minimum Gasteiger partial charge on any atom is -0.484 e. The minimum absolute atomic E-state index is 0.00205. The molecule has 0 saturated carbocycles. The monoisotopic (exact) mass is 369 g/mol. The molecule has 7 nitrogen and oxygen atoms in total. The summed E-state index contributed by atoms with van der Waals surface area (Å²) in [6.45, 7) is 3.80. The Hall–Kier alpha value is -2.67. The summed E-state index contributed by atoms with van der Waals surface area (Å²) < 4.78 is 17.4. The number of carbonyl (C=O) groups is 1. The molecule has 3 heterocycles. The highest BCUT2D eigenvalue weighted by molar-refractivity contribution is 5.79. The second-order valence-corrected chi connectivity index (χ2v) is 7.15. The summed E-state index contributed by atoms with van der Waals surface area (Å²) in [6.07, 6.45) is 4.85. The van der Waals surface area contributed by atoms with Gasteiger partial charge in [0.15, 0.2) is 6.61 Å². The Morgan fingerprint density at radius 3 is 2.74 bits per heavy atom. The second-order valence-electron chi connectivity index (χ2n) is 7.15. The summed E-state index contributed by atoms with van der Waals surface area (Å²) in [5, 5.41) is 0. The van der Waals surface area contributed by atoms with Gasteiger partial charge in [0.25, 0.3) is 5.91 Å². The summed E-state index contributed by atoms with van der Waals surface area (Å²) in [5.41, 5.74) is 0.836. The van der Waals surface area contributed by atoms with E-state index >= 15 is 0 Å². The Morgan fingerprint density at radius 1 is 1.26 bits per heavy atom. The number of amides is 1. The molecular weight excluding hydrogens is 346 g/mol. The SMILES string of the molecule is Cc1ccc(OCC(=O)N2CC3(C[C@@H](Oc4ncccn4)CCO3)C2)cc1. The lowest BCUT2D eigenvalue weighted by Crippen LogP contribution is -2.68. The fourth-order valence-electron chi connectivity index (χ4n) is 3.50. The molecule has 0 bridgehead atoms. The smallest absolute Gasteiger partial charge is 0.316 e. The molecule has 2 aliphatic heterocycles. The molecule has 2 fully saturated rings. The number of nitrogens with zero attached hydrogens (tertiary/aromatic N) is 3. The van der Waals surface area contributed by atoms with Gasteiger partial charge in [0.05, 0.1) is 19.7 Å². The van der Waals surface area contributed by atoms with E-state index in [1.165, 1.54) is 0 Å². The number of aromatic nitrogens is 2. The predicted octanol–water partition coefficient (Wildman–Crippen LogP) is 2.00. The van der Waals surface area contributed by atoms with E-state index in [2.05, 4.69) is 9.97 Å². The van der Waals surface area contributed by atoms with E-state index in [9.17, 15) is 4.79 Å². The van der Waals surface area contributed by atoms with Crippen LogP contribution in [0.3, 0.4) is 0 Å². The van der Waals surface area contributed by atoms with Crippen molar-refractivity contribution in [3.63, 3.8) is 0 Å². The van der Waals surface area contributed by atoms with E-state index in [1.54, 1.807) is 23.4 Å². The number of carbonyl (C=O) groups excluding carboxylic acids is 1. The number of aryl methyl sites for hydroxylation is 1. The number of hydrogen-bond acceptors (Lipinski definition) is 6. The van der Waals surface area contributed by atoms with Crippen LogP contribution in [0, 0.1) is 6.92 Å². The summed E-state index contributed by atoms with van der Waals surface area (Å²) in [6, 6.07) is 9.82. The summed E-state index contributed by atoms with van der Waals surface area (Å²) in [4.78, 5) is 22.4. The van der Waals surface area contributed by atoms with Crippen LogP contribution in [0.1, 0.15) is 18.4 Å². The molecule has 7 heteroatoms. The average Bonchev–Trinajstić information content (AvgIpc) is 2.66. The van der Waals surface area contributed by atoms with Gasteiger partial charge in [-0.25, -0.2) is 9.97 Å². The van der Waals surface area contributed by atoms with E-state index in [-0.39, 0.29) is 24.2 Å². The molecule has 0 unspecified atom stereocenters. The van der Waals surface area contributed by atoms with Crippen LogP contribution in [0.5, 0.6) is 11.8 Å². The van der Waals surface area contributed by atoms with Crippen LogP contribution < -0.4 is 9.47 Å². The van der Waals surface area contributed by atoms with Crippen molar-refractivity contribution in [2.24, 2.45) is 0 Å². The van der Waals surface area contributed by atoms with Gasteiger partial charge in [-0.1, -0.05) is 17.7 Å². The van der Waals surface area contributed by atoms with Crippen molar-refractivity contribution in [1.29, 1.82) is 0 Å². The maximum absolute atomic E-state index is 12.4. The van der Waals surface area contributed by atoms with Gasteiger partial charge in [0.1, 0.15) is 17.5 Å². The topological polar surface area (TPSA) is 73.8 Å². The van der Waals surface area contributed by atoms with Crippen LogP contribution in [-0.4, -0.2) is 58.8 Å². The minimum atomic E-state index is -0.322. The number of hydrogen-bond donors (Lipinski definition) is 0. The third-order valence-corrected chi connectivity index (χ3v) is 4.96. The van der Waals surface area contributed by atoms with Crippen LogP contribution in [0.15, 0.2) is 42.7 Å². The standard InChI is InChI=1S/C20H23N3O4/c1-15-3-5-16(6-4-15)25-12-18(24)23-13-20(14-23)11-17(7-10-26-20)27-19-21-8-2-9-22-19/h2-6,8-9,17H,7,10-14H2,1H3/t17-/m0/s1. The Morgan fingerprint density at radius 2 is 2.00 bits per heavy atom. The Kier molecular flexibility index (Phi) is 4.94. The average molecular weight is 369 g/mol. The molecule has 2 aliphatic rings. The first-order valence-electron chi connectivity index (χ1n) is 9.17. The molecule has 27 heavy (non-hydrogen) atoms. The molecule has 0 radical (unpaired) electrons. The normalized spacial score (nSPS) is 20.8. The van der Waals surface area contributed by atoms with E-state index in [4.69, 9.17) is 14.2 Å². The van der Waals surface area contributed by atoms with Crippen LogP contribution in [-0.2, 0) is 9.53 Å². The van der Waals surface area contributed by atoms with Crippen molar-refractivity contribution >= 4 is 5.91 Å². The van der Waals surface area contributed by atoms with E-state index in [1.807, 2.05) is 31.2 Å². The fraction of sp³-hybridized carbons (Fsp3) is 0.450. The van der Waals surface area contributed by atoms with Gasteiger partial charge < -0.3 is 19.1 Å². The Labute approximate surface area is 158 Å². The summed E-state index contributed by atoms with van der Waals surface area (Å²) in [7, 11) is 0. The van der Waals surface area contributed by atoms with Gasteiger partial charge in [-0.15, -0.1) is 0 Å². The highest BCUT2D eigenvalue weighted by Crippen LogP contribution is 2.35. The first-order valence-corrected chi connectivity index (χ1v) is 9.17. The van der Waals surface area contributed by atoms with Crippen LogP contribution in [0.2, 0.25) is 0 Å². The summed E-state index contributed by atoms with van der Waals surface area (Å²) in [5.74, 6) is 0.675. The van der Waals surface area contributed by atoms with Gasteiger partial charge in [0, 0.05) is 25.2 Å². The third kappa shape index (κ3) is 4.19. The predicted molar refractivity (Wildman–Crippen MR) is 97.6 cm³/mol. The van der Waals surface area contributed by atoms with Crippen molar-refractivity contribution in [3.05, 3.63) is 48.3 Å². The lowest BCUT2D eigenvalue weighted by molar-refractivity contribution is -0.194. The van der Waals surface area contributed by atoms with Gasteiger partial charge in [0.2, 0.25) is 0 Å². The largest absolute Gasteiger partial charge is 0.484 e. The number of benzene rings is 1. The maximum atomic E-state index is 12.4. The zero-order valence-electron chi connectivity index (χ0n) is 15.3. The highest BCUT2D eigenvalue weighted by Gasteiger charge is 2.50. The van der Waals surface area contributed by atoms with E-state index < -0.39 is 0 Å². The lowest BCUT2D eigenvalue weighted by Gasteiger charge is -2.52. The molecule has 0 N–H and O–H groups in total. The van der Waals surface area contributed by atoms with Crippen molar-refractivity contribution < 1.29 is 19.0 Å². The molecule has 1 aromatic carbocycles. The van der Waals surface area contributed by atoms with Gasteiger partial charge in [-0.2, -0.15) is 0 Å². The van der Waals surface area contributed by atoms with Crippen molar-refractivity contribution in [3.8, 4) is 11.8 Å². The molecular formula is C20H23N3O4. The quantitative estimate of drug-likeness (QED) is 0.803. The lowest BCUT2D eigenvalue weighted by atomic mass is 9.84. The maximum Gasteiger partial charge on any atom is 0.316 e. The summed E-state index contributed by atoms with van der Waals surface area (Å²) >= 11 is 0. The van der Waals surface area contributed by atoms with Gasteiger partial charge in [-0.05, 0) is 25.1 Å². The molecule has 4 rings (SSSR count). The third-order valence-electron chi connectivity index (χ3n) is 4.96. The van der Waals surface area contributed by atoms with Crippen LogP contribution >= 0.6 is 0 Å².